The molecule has 2 aromatic carbocycles. The first kappa shape index (κ1) is 18.5. The maximum Gasteiger partial charge on any atom is 0.101 e. The molecule has 0 saturated carbocycles. The molecule has 3 heteroatoms. The predicted molar refractivity (Wildman–Crippen MR) is 121 cm³/mol. The molecule has 0 unspecified atom stereocenters. The minimum absolute atomic E-state index is 0.544. The minimum atomic E-state index is 0.544. The number of para-hydroxylation sites is 2. The van der Waals surface area contributed by atoms with Crippen molar-refractivity contribution in [2.45, 2.75) is 6.92 Å². The molecule has 29 heavy (non-hydrogen) atoms. The van der Waals surface area contributed by atoms with Crippen molar-refractivity contribution in [3.05, 3.63) is 108 Å². The standard InChI is InChI=1S/C26H21N3/c1-2-29-23(17-15-21-10-5-8-14-26(21)29)12-6-3-11-22(19-27)25-18-16-20-9-4-7-13-24(20)28-25/h3-18H,2H2,1H3. The SMILES string of the molecule is CCN1C(=CC=CC=C(C#N)c2ccc3ccccc3n2)C=Cc2ccccc21. The van der Waals surface area contributed by atoms with E-state index in [9.17, 15) is 5.26 Å². The molecule has 2 heterocycles. The number of nitrogens with zero attached hydrogens (tertiary/aromatic N) is 3. The molecule has 0 radical (unpaired) electrons. The second-order valence-corrected chi connectivity index (χ2v) is 6.69. The molecule has 0 N–H and O–H groups in total. The zero-order valence-electron chi connectivity index (χ0n) is 16.3. The van der Waals surface area contributed by atoms with E-state index in [0.717, 1.165) is 23.1 Å². The lowest BCUT2D eigenvalue weighted by Crippen LogP contribution is -2.23. The third-order valence-corrected chi connectivity index (χ3v) is 4.92. The van der Waals surface area contributed by atoms with Crippen LogP contribution in [0.2, 0.25) is 0 Å². The molecule has 0 aliphatic carbocycles. The topological polar surface area (TPSA) is 39.9 Å². The predicted octanol–water partition coefficient (Wildman–Crippen LogP) is 6.14. The van der Waals surface area contributed by atoms with Gasteiger partial charge < -0.3 is 4.90 Å². The quantitative estimate of drug-likeness (QED) is 0.406. The molecule has 0 amide bonds. The molecule has 4 rings (SSSR count). The summed E-state index contributed by atoms with van der Waals surface area (Å²) >= 11 is 0. The van der Waals surface area contributed by atoms with Gasteiger partial charge in [-0.25, -0.2) is 4.98 Å². The summed E-state index contributed by atoms with van der Waals surface area (Å²) in [7, 11) is 0. The maximum atomic E-state index is 9.56. The van der Waals surface area contributed by atoms with Gasteiger partial charge in [-0.1, -0.05) is 60.7 Å². The van der Waals surface area contributed by atoms with Gasteiger partial charge in [0.2, 0.25) is 0 Å². The van der Waals surface area contributed by atoms with E-state index in [1.165, 1.54) is 11.3 Å². The van der Waals surface area contributed by atoms with Crippen LogP contribution in [0.15, 0.2) is 96.7 Å². The molecule has 0 bridgehead atoms. The largest absolute Gasteiger partial charge is 0.341 e. The molecule has 0 fully saturated rings. The normalized spacial score (nSPS) is 15.1. The summed E-state index contributed by atoms with van der Waals surface area (Å²) in [6, 6.07) is 22.4. The second-order valence-electron chi connectivity index (χ2n) is 6.69. The Morgan fingerprint density at radius 1 is 1.00 bits per heavy atom. The van der Waals surface area contributed by atoms with E-state index >= 15 is 0 Å². The molecule has 0 atom stereocenters. The van der Waals surface area contributed by atoms with Crippen LogP contribution in [0, 0.1) is 11.3 Å². The Morgan fingerprint density at radius 2 is 1.83 bits per heavy atom. The highest BCUT2D eigenvalue weighted by Gasteiger charge is 2.14. The number of likely N-dealkylation sites (N-methyl/N-ethyl adjacent to an activating group) is 1. The highest BCUT2D eigenvalue weighted by atomic mass is 15.1. The molecular weight excluding hydrogens is 354 g/mol. The van der Waals surface area contributed by atoms with E-state index in [-0.39, 0.29) is 0 Å². The van der Waals surface area contributed by atoms with Crippen LogP contribution < -0.4 is 4.90 Å². The van der Waals surface area contributed by atoms with Crippen molar-refractivity contribution >= 4 is 28.2 Å². The molecule has 0 saturated heterocycles. The Bertz CT molecular complexity index is 1210. The smallest absolute Gasteiger partial charge is 0.101 e. The zero-order valence-corrected chi connectivity index (χ0v) is 16.3. The van der Waals surface area contributed by atoms with Crippen molar-refractivity contribution in [3.8, 4) is 6.07 Å². The van der Waals surface area contributed by atoms with Crippen LogP contribution in [0.25, 0.3) is 22.6 Å². The number of anilines is 1. The van der Waals surface area contributed by atoms with Crippen molar-refractivity contribution in [1.29, 1.82) is 5.26 Å². The lowest BCUT2D eigenvalue weighted by Gasteiger charge is -2.29. The summed E-state index contributed by atoms with van der Waals surface area (Å²) in [4.78, 5) is 6.88. The first-order valence-electron chi connectivity index (χ1n) is 9.69. The van der Waals surface area contributed by atoms with Gasteiger partial charge in [-0.15, -0.1) is 0 Å². The van der Waals surface area contributed by atoms with E-state index in [1.807, 2.05) is 54.6 Å². The molecule has 1 aliphatic heterocycles. The van der Waals surface area contributed by atoms with Gasteiger partial charge in [0.25, 0.3) is 0 Å². The van der Waals surface area contributed by atoms with Crippen LogP contribution in [-0.2, 0) is 0 Å². The first-order chi connectivity index (χ1) is 14.3. The Hall–Kier alpha value is -3.90. The van der Waals surface area contributed by atoms with Gasteiger partial charge in [-0.2, -0.15) is 5.26 Å². The van der Waals surface area contributed by atoms with E-state index in [2.05, 4.69) is 65.4 Å². The lowest BCUT2D eigenvalue weighted by molar-refractivity contribution is 0.971. The summed E-state index contributed by atoms with van der Waals surface area (Å²) in [5, 5.41) is 10.6. The summed E-state index contributed by atoms with van der Waals surface area (Å²) in [6.45, 7) is 3.04. The number of aromatic nitrogens is 1. The number of hydrogen-bond donors (Lipinski definition) is 0. The van der Waals surface area contributed by atoms with Crippen molar-refractivity contribution in [3.63, 3.8) is 0 Å². The molecule has 0 spiro atoms. The molecule has 1 aromatic heterocycles. The Labute approximate surface area is 171 Å². The van der Waals surface area contributed by atoms with Gasteiger partial charge in [-0.3, -0.25) is 0 Å². The second kappa shape index (κ2) is 8.41. The van der Waals surface area contributed by atoms with Crippen molar-refractivity contribution < 1.29 is 0 Å². The number of pyridine rings is 1. The molecule has 140 valence electrons. The molecule has 3 aromatic rings. The number of fused-ring (bicyclic) bond motifs is 2. The maximum absolute atomic E-state index is 9.56. The van der Waals surface area contributed by atoms with E-state index in [4.69, 9.17) is 0 Å². The number of nitriles is 1. The number of hydrogen-bond acceptors (Lipinski definition) is 3. The number of rotatable bonds is 4. The summed E-state index contributed by atoms with van der Waals surface area (Å²) in [6.07, 6.45) is 12.0. The van der Waals surface area contributed by atoms with Crippen molar-refractivity contribution in [2.75, 3.05) is 11.4 Å². The molecule has 1 aliphatic rings. The summed E-state index contributed by atoms with van der Waals surface area (Å²) in [5.74, 6) is 0. The average Bonchev–Trinajstić information content (AvgIpc) is 2.78. The van der Waals surface area contributed by atoms with Crippen LogP contribution in [0.1, 0.15) is 18.2 Å². The highest BCUT2D eigenvalue weighted by Crippen LogP contribution is 2.30. The Balaban J connectivity index is 1.58. The van der Waals surface area contributed by atoms with E-state index in [1.54, 1.807) is 0 Å². The highest BCUT2D eigenvalue weighted by molar-refractivity contribution is 5.84. The van der Waals surface area contributed by atoms with Crippen LogP contribution in [0.3, 0.4) is 0 Å². The fourth-order valence-corrected chi connectivity index (χ4v) is 3.48. The average molecular weight is 375 g/mol. The number of allylic oxidation sites excluding steroid dienone is 6. The number of benzene rings is 2. The Kier molecular flexibility index (Phi) is 5.36. The first-order valence-corrected chi connectivity index (χ1v) is 9.69. The van der Waals surface area contributed by atoms with Crippen molar-refractivity contribution in [1.82, 2.24) is 4.98 Å². The minimum Gasteiger partial charge on any atom is -0.341 e. The zero-order chi connectivity index (χ0) is 20.1. The van der Waals surface area contributed by atoms with Crippen LogP contribution >= 0.6 is 0 Å². The summed E-state index contributed by atoms with van der Waals surface area (Å²) in [5.41, 5.74) is 5.68. The third-order valence-electron chi connectivity index (χ3n) is 4.92. The fourth-order valence-electron chi connectivity index (χ4n) is 3.48. The van der Waals surface area contributed by atoms with Gasteiger partial charge in [0.15, 0.2) is 0 Å². The van der Waals surface area contributed by atoms with E-state index in [0.29, 0.717) is 11.3 Å². The van der Waals surface area contributed by atoms with Gasteiger partial charge in [-0.05, 0) is 48.9 Å². The van der Waals surface area contributed by atoms with Gasteiger partial charge in [0, 0.05) is 23.3 Å². The molecule has 3 nitrogen and oxygen atoms in total. The Morgan fingerprint density at radius 3 is 2.69 bits per heavy atom. The summed E-state index contributed by atoms with van der Waals surface area (Å²) < 4.78 is 0. The van der Waals surface area contributed by atoms with E-state index < -0.39 is 0 Å². The van der Waals surface area contributed by atoms with Gasteiger partial charge in [0.1, 0.15) is 6.07 Å². The van der Waals surface area contributed by atoms with Crippen molar-refractivity contribution in [2.24, 2.45) is 0 Å². The van der Waals surface area contributed by atoms with Gasteiger partial charge in [0.05, 0.1) is 16.8 Å². The monoisotopic (exact) mass is 375 g/mol. The lowest BCUT2D eigenvalue weighted by atomic mass is 10.1. The molecular formula is C26H21N3. The van der Waals surface area contributed by atoms with Crippen LogP contribution in [-0.4, -0.2) is 11.5 Å². The third kappa shape index (κ3) is 3.88. The van der Waals surface area contributed by atoms with Crippen LogP contribution in [0.5, 0.6) is 0 Å². The van der Waals surface area contributed by atoms with Gasteiger partial charge >= 0.3 is 0 Å². The van der Waals surface area contributed by atoms with Crippen LogP contribution in [0.4, 0.5) is 5.69 Å². The fraction of sp³-hybridized carbons (Fsp3) is 0.0769.